The molecule has 0 fully saturated rings. The third-order valence-electron chi connectivity index (χ3n) is 2.56. The quantitative estimate of drug-likeness (QED) is 0.644. The van der Waals surface area contributed by atoms with Crippen molar-refractivity contribution >= 4 is 11.6 Å². The van der Waals surface area contributed by atoms with Crippen molar-refractivity contribution in [2.24, 2.45) is 0 Å². The Morgan fingerprint density at radius 2 is 2.00 bits per heavy atom. The van der Waals surface area contributed by atoms with Crippen LogP contribution in [0.5, 0.6) is 5.75 Å². The molecule has 5 nitrogen and oxygen atoms in total. The van der Waals surface area contributed by atoms with E-state index in [1.165, 1.54) is 0 Å². The Morgan fingerprint density at radius 3 is 2.75 bits per heavy atom. The molecular weight excluding hydrogens is 256 g/mol. The molecule has 0 aliphatic heterocycles. The van der Waals surface area contributed by atoms with Gasteiger partial charge in [-0.3, -0.25) is 4.79 Å². The number of benzene rings is 1. The van der Waals surface area contributed by atoms with Crippen molar-refractivity contribution in [3.63, 3.8) is 0 Å². The van der Waals surface area contributed by atoms with Gasteiger partial charge in [0.2, 0.25) is 5.91 Å². The molecule has 5 heteroatoms. The molecule has 0 aliphatic carbocycles. The summed E-state index contributed by atoms with van der Waals surface area (Å²) in [7, 11) is 0. The Morgan fingerprint density at radius 1 is 1.20 bits per heavy atom. The first kappa shape index (κ1) is 16.5. The summed E-state index contributed by atoms with van der Waals surface area (Å²) in [6.07, 6.45) is 1.00. The minimum atomic E-state index is -0.0701. The number of nitrogens with one attached hydrogen (secondary N) is 2. The maximum atomic E-state index is 11.8. The van der Waals surface area contributed by atoms with Crippen LogP contribution in [0.4, 0.5) is 5.69 Å². The first-order valence-electron chi connectivity index (χ1n) is 7.08. The predicted molar refractivity (Wildman–Crippen MR) is 80.2 cm³/mol. The molecule has 20 heavy (non-hydrogen) atoms. The van der Waals surface area contributed by atoms with Crippen LogP contribution in [0.15, 0.2) is 24.3 Å². The molecule has 0 heterocycles. The van der Waals surface area contributed by atoms with Gasteiger partial charge in [-0.05, 0) is 32.0 Å². The highest BCUT2D eigenvalue weighted by atomic mass is 16.5. The molecule has 0 saturated heterocycles. The van der Waals surface area contributed by atoms with E-state index < -0.39 is 0 Å². The zero-order valence-corrected chi connectivity index (χ0v) is 12.3. The predicted octanol–water partition coefficient (Wildman–Crippen LogP) is 2.04. The van der Waals surface area contributed by atoms with E-state index >= 15 is 0 Å². The van der Waals surface area contributed by atoms with Gasteiger partial charge in [-0.1, -0.05) is 19.1 Å². The number of amides is 1. The van der Waals surface area contributed by atoms with E-state index in [1.54, 1.807) is 0 Å². The number of carbonyl (C=O) groups excluding carboxylic acids is 1. The highest BCUT2D eigenvalue weighted by Gasteiger charge is 2.06. The third-order valence-corrected chi connectivity index (χ3v) is 2.56. The van der Waals surface area contributed by atoms with Crippen LogP contribution >= 0.6 is 0 Å². The molecule has 112 valence electrons. The molecule has 1 amide bonds. The SMILES string of the molecule is CCCNCC(=O)Nc1ccccc1OCCOCC. The summed E-state index contributed by atoms with van der Waals surface area (Å²) in [5.41, 5.74) is 0.687. The summed E-state index contributed by atoms with van der Waals surface area (Å²) in [5, 5.41) is 5.90. The summed E-state index contributed by atoms with van der Waals surface area (Å²) in [4.78, 5) is 11.8. The molecule has 0 aromatic heterocycles. The molecule has 2 N–H and O–H groups in total. The molecule has 0 atom stereocenters. The number of anilines is 1. The maximum absolute atomic E-state index is 11.8. The van der Waals surface area contributed by atoms with Gasteiger partial charge in [-0.15, -0.1) is 0 Å². The largest absolute Gasteiger partial charge is 0.489 e. The van der Waals surface area contributed by atoms with Gasteiger partial charge in [0.1, 0.15) is 12.4 Å². The Labute approximate surface area is 120 Å². The van der Waals surface area contributed by atoms with Crippen LogP contribution in [-0.2, 0) is 9.53 Å². The first-order valence-corrected chi connectivity index (χ1v) is 7.08. The van der Waals surface area contributed by atoms with Gasteiger partial charge < -0.3 is 20.1 Å². The Hall–Kier alpha value is -1.59. The molecule has 0 bridgehead atoms. The second kappa shape index (κ2) is 10.2. The van der Waals surface area contributed by atoms with Crippen LogP contribution in [0.2, 0.25) is 0 Å². The average molecular weight is 280 g/mol. The molecule has 0 unspecified atom stereocenters. The molecule has 0 saturated carbocycles. The highest BCUT2D eigenvalue weighted by molar-refractivity contribution is 5.93. The zero-order chi connectivity index (χ0) is 14.6. The van der Waals surface area contributed by atoms with Crippen molar-refractivity contribution in [2.45, 2.75) is 20.3 Å². The van der Waals surface area contributed by atoms with Crippen molar-refractivity contribution in [2.75, 3.05) is 38.2 Å². The van der Waals surface area contributed by atoms with Gasteiger partial charge in [0, 0.05) is 6.61 Å². The number of para-hydroxylation sites is 2. The lowest BCUT2D eigenvalue weighted by atomic mass is 10.3. The zero-order valence-electron chi connectivity index (χ0n) is 12.3. The maximum Gasteiger partial charge on any atom is 0.238 e. The minimum absolute atomic E-state index is 0.0701. The number of carbonyl (C=O) groups is 1. The monoisotopic (exact) mass is 280 g/mol. The Bertz CT molecular complexity index is 396. The molecule has 1 aromatic rings. The van der Waals surface area contributed by atoms with E-state index in [0.29, 0.717) is 37.8 Å². The lowest BCUT2D eigenvalue weighted by Crippen LogP contribution is -2.28. The number of hydrogen-bond donors (Lipinski definition) is 2. The summed E-state index contributed by atoms with van der Waals surface area (Å²) < 4.78 is 10.8. The van der Waals surface area contributed by atoms with Crippen LogP contribution in [0.3, 0.4) is 0 Å². The smallest absolute Gasteiger partial charge is 0.238 e. The molecular formula is C15H24N2O3. The van der Waals surface area contributed by atoms with Crippen molar-refractivity contribution < 1.29 is 14.3 Å². The standard InChI is InChI=1S/C15H24N2O3/c1-3-9-16-12-15(18)17-13-7-5-6-8-14(13)20-11-10-19-4-2/h5-8,16H,3-4,9-12H2,1-2H3,(H,17,18). The molecule has 1 aromatic carbocycles. The van der Waals surface area contributed by atoms with E-state index in [9.17, 15) is 4.79 Å². The number of ether oxygens (including phenoxy) is 2. The van der Waals surface area contributed by atoms with E-state index in [-0.39, 0.29) is 5.91 Å². The fourth-order valence-electron chi connectivity index (χ4n) is 1.62. The van der Waals surface area contributed by atoms with Gasteiger partial charge in [0.25, 0.3) is 0 Å². The van der Waals surface area contributed by atoms with Crippen LogP contribution < -0.4 is 15.4 Å². The van der Waals surface area contributed by atoms with Gasteiger partial charge in [-0.2, -0.15) is 0 Å². The van der Waals surface area contributed by atoms with Crippen molar-refractivity contribution in [3.8, 4) is 5.75 Å². The normalized spacial score (nSPS) is 10.3. The summed E-state index contributed by atoms with van der Waals surface area (Å²) in [6, 6.07) is 7.40. The fourth-order valence-corrected chi connectivity index (χ4v) is 1.62. The van der Waals surface area contributed by atoms with E-state index in [4.69, 9.17) is 9.47 Å². The minimum Gasteiger partial charge on any atom is -0.489 e. The van der Waals surface area contributed by atoms with Gasteiger partial charge in [0.05, 0.1) is 18.8 Å². The molecule has 0 spiro atoms. The van der Waals surface area contributed by atoms with Gasteiger partial charge in [0.15, 0.2) is 0 Å². The first-order chi connectivity index (χ1) is 9.77. The van der Waals surface area contributed by atoms with E-state index in [1.807, 2.05) is 31.2 Å². The van der Waals surface area contributed by atoms with Gasteiger partial charge >= 0.3 is 0 Å². The lowest BCUT2D eigenvalue weighted by Gasteiger charge is -2.12. The van der Waals surface area contributed by atoms with E-state index in [0.717, 1.165) is 13.0 Å². The second-order valence-electron chi connectivity index (χ2n) is 4.27. The summed E-state index contributed by atoms with van der Waals surface area (Å²) in [5.74, 6) is 0.593. The van der Waals surface area contributed by atoms with Crippen LogP contribution in [0.25, 0.3) is 0 Å². The molecule has 1 rings (SSSR count). The Balaban J connectivity index is 2.45. The topological polar surface area (TPSA) is 59.6 Å². The number of rotatable bonds is 10. The van der Waals surface area contributed by atoms with E-state index in [2.05, 4.69) is 17.6 Å². The summed E-state index contributed by atoms with van der Waals surface area (Å²) in [6.45, 7) is 6.82. The third kappa shape index (κ3) is 6.54. The average Bonchev–Trinajstić information content (AvgIpc) is 2.45. The van der Waals surface area contributed by atoms with Crippen molar-refractivity contribution in [1.29, 1.82) is 0 Å². The molecule has 0 radical (unpaired) electrons. The van der Waals surface area contributed by atoms with Crippen molar-refractivity contribution in [1.82, 2.24) is 5.32 Å². The lowest BCUT2D eigenvalue weighted by molar-refractivity contribution is -0.115. The van der Waals surface area contributed by atoms with Crippen molar-refractivity contribution in [3.05, 3.63) is 24.3 Å². The summed E-state index contributed by atoms with van der Waals surface area (Å²) >= 11 is 0. The molecule has 0 aliphatic rings. The van der Waals surface area contributed by atoms with Crippen LogP contribution in [0.1, 0.15) is 20.3 Å². The second-order valence-corrected chi connectivity index (χ2v) is 4.27. The van der Waals surface area contributed by atoms with Crippen LogP contribution in [0, 0.1) is 0 Å². The fraction of sp³-hybridized carbons (Fsp3) is 0.533. The van der Waals surface area contributed by atoms with Crippen LogP contribution in [-0.4, -0.2) is 38.8 Å². The highest BCUT2D eigenvalue weighted by Crippen LogP contribution is 2.23. The number of hydrogen-bond acceptors (Lipinski definition) is 4. The van der Waals surface area contributed by atoms with Gasteiger partial charge in [-0.25, -0.2) is 0 Å². The Kier molecular flexibility index (Phi) is 8.42.